The molecule has 1 unspecified atom stereocenters. The number of pyridine rings is 1. The molecule has 0 spiro atoms. The van der Waals surface area contributed by atoms with Crippen molar-refractivity contribution in [1.29, 1.82) is 0 Å². The minimum atomic E-state index is 0.292. The van der Waals surface area contributed by atoms with Gasteiger partial charge < -0.3 is 9.64 Å². The molecule has 0 saturated carbocycles. The fourth-order valence-electron chi connectivity index (χ4n) is 2.52. The van der Waals surface area contributed by atoms with E-state index in [1.54, 1.807) is 13.4 Å². The molecule has 0 amide bonds. The molecule has 1 aliphatic rings. The molecule has 0 N–H and O–H groups in total. The summed E-state index contributed by atoms with van der Waals surface area (Å²) in [4.78, 5) is 15.1. The van der Waals surface area contributed by atoms with E-state index < -0.39 is 0 Å². The Hall–Kier alpha value is -2.17. The van der Waals surface area contributed by atoms with E-state index in [0.29, 0.717) is 11.9 Å². The van der Waals surface area contributed by atoms with Gasteiger partial charge in [0, 0.05) is 18.8 Å². The molecule has 98 valence electrons. The summed E-state index contributed by atoms with van der Waals surface area (Å²) < 4.78 is 5.16. The molecule has 3 heterocycles. The van der Waals surface area contributed by atoms with E-state index >= 15 is 0 Å². The Bertz CT molecular complexity index is 546. The van der Waals surface area contributed by atoms with Crippen LogP contribution in [0.25, 0.3) is 0 Å². The third kappa shape index (κ3) is 2.36. The lowest BCUT2D eigenvalue weighted by atomic mass is 10.1. The summed E-state index contributed by atoms with van der Waals surface area (Å²) >= 11 is 0. The molecule has 1 fully saturated rings. The van der Waals surface area contributed by atoms with Crippen LogP contribution in [0.3, 0.4) is 0 Å². The van der Waals surface area contributed by atoms with Crippen molar-refractivity contribution in [2.45, 2.75) is 18.9 Å². The maximum atomic E-state index is 5.16. The van der Waals surface area contributed by atoms with Gasteiger partial charge in [0.05, 0.1) is 18.8 Å². The topological polar surface area (TPSA) is 51.1 Å². The number of ether oxygens (including phenoxy) is 1. The summed E-state index contributed by atoms with van der Waals surface area (Å²) in [6, 6.07) is 8.21. The average molecular weight is 256 g/mol. The molecule has 2 aromatic heterocycles. The van der Waals surface area contributed by atoms with Crippen molar-refractivity contribution in [3.63, 3.8) is 0 Å². The van der Waals surface area contributed by atoms with Crippen molar-refractivity contribution in [3.8, 4) is 5.88 Å². The number of nitrogens with zero attached hydrogens (tertiary/aromatic N) is 4. The zero-order chi connectivity index (χ0) is 13.1. The Morgan fingerprint density at radius 3 is 3.00 bits per heavy atom. The highest BCUT2D eigenvalue weighted by Gasteiger charge is 2.28. The average Bonchev–Trinajstić information content (AvgIpc) is 2.98. The summed E-state index contributed by atoms with van der Waals surface area (Å²) in [5.41, 5.74) is 1.09. The second-order valence-electron chi connectivity index (χ2n) is 4.52. The smallest absolute Gasteiger partial charge is 0.218 e. The maximum absolute atomic E-state index is 5.16. The SMILES string of the molecule is COc1cc(N2CCCC2c2ccccn2)ncn1. The quantitative estimate of drug-likeness (QED) is 0.842. The fraction of sp³-hybridized carbons (Fsp3) is 0.357. The van der Waals surface area contributed by atoms with Gasteiger partial charge in [-0.3, -0.25) is 4.98 Å². The first-order chi connectivity index (χ1) is 9.38. The first-order valence-electron chi connectivity index (χ1n) is 6.42. The molecule has 0 aliphatic carbocycles. The second kappa shape index (κ2) is 5.22. The van der Waals surface area contributed by atoms with Crippen LogP contribution in [0, 0.1) is 0 Å². The third-order valence-corrected chi connectivity index (χ3v) is 3.41. The van der Waals surface area contributed by atoms with Crippen LogP contribution in [0.5, 0.6) is 5.88 Å². The van der Waals surface area contributed by atoms with Gasteiger partial charge in [0.15, 0.2) is 0 Å². The molecule has 3 rings (SSSR count). The first kappa shape index (κ1) is 11.9. The number of hydrogen-bond acceptors (Lipinski definition) is 5. The van der Waals surface area contributed by atoms with Gasteiger partial charge in [0.1, 0.15) is 12.1 Å². The maximum Gasteiger partial charge on any atom is 0.218 e. The van der Waals surface area contributed by atoms with E-state index in [1.165, 1.54) is 0 Å². The largest absolute Gasteiger partial charge is 0.481 e. The summed E-state index contributed by atoms with van der Waals surface area (Å²) in [6.07, 6.45) is 5.63. The molecular formula is C14H16N4O. The summed E-state index contributed by atoms with van der Waals surface area (Å²) in [5.74, 6) is 1.50. The van der Waals surface area contributed by atoms with Crippen molar-refractivity contribution >= 4 is 5.82 Å². The molecule has 0 radical (unpaired) electrons. The summed E-state index contributed by atoms with van der Waals surface area (Å²) in [7, 11) is 1.62. The van der Waals surface area contributed by atoms with Crippen LogP contribution >= 0.6 is 0 Å². The van der Waals surface area contributed by atoms with E-state index in [1.807, 2.05) is 24.4 Å². The minimum absolute atomic E-state index is 0.292. The van der Waals surface area contributed by atoms with Crippen LogP contribution in [0.4, 0.5) is 5.82 Å². The highest BCUT2D eigenvalue weighted by atomic mass is 16.5. The van der Waals surface area contributed by atoms with E-state index in [2.05, 4.69) is 25.9 Å². The molecule has 2 aromatic rings. The lowest BCUT2D eigenvalue weighted by molar-refractivity contribution is 0.396. The van der Waals surface area contributed by atoms with Gasteiger partial charge >= 0.3 is 0 Å². The first-order valence-corrected chi connectivity index (χ1v) is 6.42. The third-order valence-electron chi connectivity index (χ3n) is 3.41. The minimum Gasteiger partial charge on any atom is -0.481 e. The van der Waals surface area contributed by atoms with E-state index in [9.17, 15) is 0 Å². The monoisotopic (exact) mass is 256 g/mol. The number of rotatable bonds is 3. The Labute approximate surface area is 112 Å². The zero-order valence-electron chi connectivity index (χ0n) is 10.9. The van der Waals surface area contributed by atoms with Crippen LogP contribution < -0.4 is 9.64 Å². The number of hydrogen-bond donors (Lipinski definition) is 0. The Morgan fingerprint density at radius 1 is 1.26 bits per heavy atom. The summed E-state index contributed by atoms with van der Waals surface area (Å²) in [6.45, 7) is 0.988. The van der Waals surface area contributed by atoms with Crippen molar-refractivity contribution in [1.82, 2.24) is 15.0 Å². The van der Waals surface area contributed by atoms with E-state index in [0.717, 1.165) is 30.9 Å². The number of aromatic nitrogens is 3. The molecule has 0 bridgehead atoms. The predicted molar refractivity (Wildman–Crippen MR) is 72.1 cm³/mol. The van der Waals surface area contributed by atoms with Crippen molar-refractivity contribution in [2.75, 3.05) is 18.6 Å². The molecule has 5 heteroatoms. The fourth-order valence-corrected chi connectivity index (χ4v) is 2.52. The molecule has 1 aliphatic heterocycles. The number of methoxy groups -OCH3 is 1. The second-order valence-corrected chi connectivity index (χ2v) is 4.52. The Kier molecular flexibility index (Phi) is 3.27. The van der Waals surface area contributed by atoms with Gasteiger partial charge in [-0.25, -0.2) is 9.97 Å². The zero-order valence-corrected chi connectivity index (χ0v) is 10.9. The molecule has 1 atom stereocenters. The van der Waals surface area contributed by atoms with Gasteiger partial charge in [-0.1, -0.05) is 6.07 Å². The van der Waals surface area contributed by atoms with Crippen LogP contribution in [-0.4, -0.2) is 28.6 Å². The highest BCUT2D eigenvalue weighted by molar-refractivity contribution is 5.44. The lowest BCUT2D eigenvalue weighted by Crippen LogP contribution is -2.24. The highest BCUT2D eigenvalue weighted by Crippen LogP contribution is 2.34. The molecular weight excluding hydrogens is 240 g/mol. The molecule has 1 saturated heterocycles. The lowest BCUT2D eigenvalue weighted by Gasteiger charge is -2.25. The van der Waals surface area contributed by atoms with Gasteiger partial charge in [-0.05, 0) is 25.0 Å². The van der Waals surface area contributed by atoms with Gasteiger partial charge in [-0.2, -0.15) is 0 Å². The normalized spacial score (nSPS) is 18.6. The van der Waals surface area contributed by atoms with Crippen LogP contribution in [0.1, 0.15) is 24.6 Å². The van der Waals surface area contributed by atoms with Crippen LogP contribution in [0.15, 0.2) is 36.8 Å². The Balaban J connectivity index is 1.90. The van der Waals surface area contributed by atoms with Crippen molar-refractivity contribution in [2.24, 2.45) is 0 Å². The predicted octanol–water partition coefficient (Wildman–Crippen LogP) is 2.22. The van der Waals surface area contributed by atoms with Gasteiger partial charge in [0.25, 0.3) is 0 Å². The van der Waals surface area contributed by atoms with E-state index in [-0.39, 0.29) is 0 Å². The van der Waals surface area contributed by atoms with E-state index in [4.69, 9.17) is 4.74 Å². The molecule has 5 nitrogen and oxygen atoms in total. The van der Waals surface area contributed by atoms with Gasteiger partial charge in [0.2, 0.25) is 5.88 Å². The molecule has 0 aromatic carbocycles. The molecule has 19 heavy (non-hydrogen) atoms. The Morgan fingerprint density at radius 2 is 2.21 bits per heavy atom. The standard InChI is InChI=1S/C14H16N4O/c1-19-14-9-13(16-10-17-14)18-8-4-6-12(18)11-5-2-3-7-15-11/h2-3,5,7,9-10,12H,4,6,8H2,1H3. The van der Waals surface area contributed by atoms with Crippen molar-refractivity contribution in [3.05, 3.63) is 42.5 Å². The van der Waals surface area contributed by atoms with Crippen LogP contribution in [-0.2, 0) is 0 Å². The summed E-state index contributed by atoms with van der Waals surface area (Å²) in [5, 5.41) is 0. The van der Waals surface area contributed by atoms with Crippen LogP contribution in [0.2, 0.25) is 0 Å². The van der Waals surface area contributed by atoms with Gasteiger partial charge in [-0.15, -0.1) is 0 Å². The van der Waals surface area contributed by atoms with Crippen molar-refractivity contribution < 1.29 is 4.74 Å². The number of anilines is 1.